The van der Waals surface area contributed by atoms with E-state index < -0.39 is 29.9 Å². The van der Waals surface area contributed by atoms with Gasteiger partial charge in [-0.25, -0.2) is 14.6 Å². The molecule has 0 aromatic heterocycles. The van der Waals surface area contributed by atoms with Gasteiger partial charge < -0.3 is 9.47 Å². The smallest absolute Gasteiger partial charge is 0.433 e. The maximum Gasteiger partial charge on any atom is 0.433 e. The third kappa shape index (κ3) is 3.35. The zero-order valence-corrected chi connectivity index (χ0v) is 16.5. The molecule has 3 heterocycles. The Labute approximate surface area is 168 Å². The van der Waals surface area contributed by atoms with Crippen molar-refractivity contribution in [2.24, 2.45) is 0 Å². The van der Waals surface area contributed by atoms with Gasteiger partial charge in [-0.2, -0.15) is 5.01 Å². The summed E-state index contributed by atoms with van der Waals surface area (Å²) in [6.45, 7) is 5.45. The number of carbonyl (C=O) groups excluding carboxylic acids is 3. The zero-order valence-electron chi connectivity index (χ0n) is 16.5. The van der Waals surface area contributed by atoms with Crippen molar-refractivity contribution in [2.45, 2.75) is 44.5 Å². The maximum absolute atomic E-state index is 13.1. The summed E-state index contributed by atoms with van der Waals surface area (Å²) in [6, 6.07) is 7.84. The second-order valence-corrected chi connectivity index (χ2v) is 8.08. The fourth-order valence-corrected chi connectivity index (χ4v) is 3.71. The lowest BCUT2D eigenvalue weighted by Crippen LogP contribution is -2.74. The van der Waals surface area contributed by atoms with Gasteiger partial charge in [0.2, 0.25) is 0 Å². The average Bonchev–Trinajstić information content (AvgIpc) is 2.91. The van der Waals surface area contributed by atoms with Crippen LogP contribution < -0.4 is 0 Å². The molecule has 0 spiro atoms. The number of ether oxygens (including phenoxy) is 2. The molecule has 8 nitrogen and oxygen atoms in total. The summed E-state index contributed by atoms with van der Waals surface area (Å²) >= 11 is 0. The van der Waals surface area contributed by atoms with E-state index in [-0.39, 0.29) is 18.6 Å². The SMILES string of the molecule is CC(C)(C)OC(=O)N1C=CC=C[C@H]2[C@H](N3C(=O)OC[C@H]3c3ccccc3)C(=O)N21. The van der Waals surface area contributed by atoms with E-state index in [0.29, 0.717) is 0 Å². The number of carbonyl (C=O) groups is 3. The van der Waals surface area contributed by atoms with Gasteiger partial charge in [-0.3, -0.25) is 9.69 Å². The van der Waals surface area contributed by atoms with Gasteiger partial charge in [0, 0.05) is 6.20 Å². The number of nitrogens with zero attached hydrogens (tertiary/aromatic N) is 3. The summed E-state index contributed by atoms with van der Waals surface area (Å²) in [6.07, 6.45) is 5.49. The minimum atomic E-state index is -0.753. The Morgan fingerprint density at radius 3 is 2.55 bits per heavy atom. The predicted molar refractivity (Wildman–Crippen MR) is 103 cm³/mol. The van der Waals surface area contributed by atoms with Crippen LogP contribution in [0.1, 0.15) is 32.4 Å². The summed E-state index contributed by atoms with van der Waals surface area (Å²) in [5.41, 5.74) is 0.189. The van der Waals surface area contributed by atoms with Crippen molar-refractivity contribution >= 4 is 18.1 Å². The number of fused-ring (bicyclic) bond motifs is 1. The highest BCUT2D eigenvalue weighted by atomic mass is 16.6. The largest absolute Gasteiger partial charge is 0.447 e. The number of hydrogen-bond donors (Lipinski definition) is 0. The molecule has 4 rings (SSSR count). The summed E-state index contributed by atoms with van der Waals surface area (Å²) in [5.74, 6) is -0.364. The van der Waals surface area contributed by atoms with Crippen LogP contribution in [0.2, 0.25) is 0 Å². The van der Waals surface area contributed by atoms with Crippen LogP contribution in [0.25, 0.3) is 0 Å². The highest BCUT2D eigenvalue weighted by Crippen LogP contribution is 2.38. The van der Waals surface area contributed by atoms with Crippen LogP contribution in [0.5, 0.6) is 0 Å². The lowest BCUT2D eigenvalue weighted by molar-refractivity contribution is -0.176. The van der Waals surface area contributed by atoms with Crippen LogP contribution in [0.15, 0.2) is 54.8 Å². The summed E-state index contributed by atoms with van der Waals surface area (Å²) in [4.78, 5) is 39.7. The lowest BCUT2D eigenvalue weighted by atomic mass is 9.93. The number of amides is 3. The fourth-order valence-electron chi connectivity index (χ4n) is 3.71. The zero-order chi connectivity index (χ0) is 20.8. The predicted octanol–water partition coefficient (Wildman–Crippen LogP) is 2.99. The Kier molecular flexibility index (Phi) is 4.56. The molecule has 0 aliphatic carbocycles. The first-order chi connectivity index (χ1) is 13.8. The van der Waals surface area contributed by atoms with E-state index in [4.69, 9.17) is 9.47 Å². The van der Waals surface area contributed by atoms with Crippen molar-refractivity contribution in [3.8, 4) is 0 Å². The van der Waals surface area contributed by atoms with Crippen molar-refractivity contribution < 1.29 is 23.9 Å². The van der Waals surface area contributed by atoms with Gasteiger partial charge in [0.05, 0.1) is 6.04 Å². The van der Waals surface area contributed by atoms with Crippen LogP contribution in [-0.2, 0) is 14.3 Å². The molecule has 3 aliphatic rings. The molecule has 0 N–H and O–H groups in total. The molecule has 2 saturated heterocycles. The van der Waals surface area contributed by atoms with E-state index >= 15 is 0 Å². The second kappa shape index (κ2) is 6.95. The highest BCUT2D eigenvalue weighted by Gasteiger charge is 2.58. The van der Waals surface area contributed by atoms with E-state index in [1.54, 1.807) is 39.0 Å². The molecule has 3 amide bonds. The normalized spacial score (nSPS) is 26.0. The van der Waals surface area contributed by atoms with Gasteiger partial charge in [0.25, 0.3) is 5.91 Å². The number of benzene rings is 1. The number of β-lactam (4-membered cyclic amide) rings is 1. The fraction of sp³-hybridized carbons (Fsp3) is 0.381. The summed E-state index contributed by atoms with van der Waals surface area (Å²) in [7, 11) is 0. The Morgan fingerprint density at radius 1 is 1.14 bits per heavy atom. The van der Waals surface area contributed by atoms with Crippen LogP contribution >= 0.6 is 0 Å². The third-order valence-electron chi connectivity index (χ3n) is 4.94. The average molecular weight is 397 g/mol. The molecule has 8 heteroatoms. The molecule has 0 unspecified atom stereocenters. The first kappa shape index (κ1) is 19.0. The van der Waals surface area contributed by atoms with Crippen molar-refractivity contribution in [1.82, 2.24) is 14.9 Å². The molecule has 1 aromatic rings. The van der Waals surface area contributed by atoms with Gasteiger partial charge in [0.1, 0.15) is 24.3 Å². The second-order valence-electron chi connectivity index (χ2n) is 8.08. The molecular formula is C21H23N3O5. The summed E-state index contributed by atoms with van der Waals surface area (Å²) in [5, 5.41) is 2.47. The van der Waals surface area contributed by atoms with Crippen LogP contribution in [-0.4, -0.2) is 57.3 Å². The Bertz CT molecular complexity index is 889. The molecule has 1 aromatic carbocycles. The molecule has 3 aliphatic heterocycles. The Balaban J connectivity index is 1.60. The van der Waals surface area contributed by atoms with Crippen LogP contribution in [0.3, 0.4) is 0 Å². The number of cyclic esters (lactones) is 1. The molecule has 29 heavy (non-hydrogen) atoms. The van der Waals surface area contributed by atoms with E-state index in [0.717, 1.165) is 10.6 Å². The maximum atomic E-state index is 13.1. The van der Waals surface area contributed by atoms with Crippen LogP contribution in [0.4, 0.5) is 9.59 Å². The molecule has 0 bridgehead atoms. The van der Waals surface area contributed by atoms with Gasteiger partial charge >= 0.3 is 12.2 Å². The van der Waals surface area contributed by atoms with Crippen molar-refractivity contribution in [3.05, 3.63) is 60.3 Å². The minimum absolute atomic E-state index is 0.178. The lowest BCUT2D eigenvalue weighted by Gasteiger charge is -2.51. The van der Waals surface area contributed by atoms with Crippen molar-refractivity contribution in [2.75, 3.05) is 6.61 Å². The van der Waals surface area contributed by atoms with E-state index in [1.807, 2.05) is 30.3 Å². The van der Waals surface area contributed by atoms with Gasteiger partial charge in [-0.05, 0) is 32.4 Å². The molecule has 0 radical (unpaired) electrons. The third-order valence-corrected chi connectivity index (χ3v) is 4.94. The molecule has 152 valence electrons. The molecular weight excluding hydrogens is 374 g/mol. The molecule has 3 atom stereocenters. The monoisotopic (exact) mass is 397 g/mol. The van der Waals surface area contributed by atoms with Gasteiger partial charge in [-0.1, -0.05) is 42.5 Å². The van der Waals surface area contributed by atoms with Crippen molar-refractivity contribution in [3.63, 3.8) is 0 Å². The Morgan fingerprint density at radius 2 is 1.86 bits per heavy atom. The number of allylic oxidation sites excluding steroid dienone is 2. The number of hydrazine groups is 1. The van der Waals surface area contributed by atoms with E-state index in [2.05, 4.69) is 0 Å². The number of hydrogen-bond acceptors (Lipinski definition) is 5. The van der Waals surface area contributed by atoms with Gasteiger partial charge in [0.15, 0.2) is 0 Å². The van der Waals surface area contributed by atoms with E-state index in [1.165, 1.54) is 16.1 Å². The molecule has 2 fully saturated rings. The minimum Gasteiger partial charge on any atom is -0.447 e. The van der Waals surface area contributed by atoms with Gasteiger partial charge in [-0.15, -0.1) is 0 Å². The topological polar surface area (TPSA) is 79.4 Å². The first-order valence-electron chi connectivity index (χ1n) is 9.48. The Hall–Kier alpha value is -3.29. The van der Waals surface area contributed by atoms with Crippen molar-refractivity contribution in [1.29, 1.82) is 0 Å². The van der Waals surface area contributed by atoms with Crippen LogP contribution in [0, 0.1) is 0 Å². The first-order valence-corrected chi connectivity index (χ1v) is 9.48. The standard InChI is InChI=1S/C21H23N3O5/c1-21(2,3)29-19(26)22-12-8-7-11-15-17(18(25)24(15)22)23-16(13-28-20(23)27)14-9-5-4-6-10-14/h4-12,15-17H,13H2,1-3H3/t15-,16-,17-/m0/s1. The molecule has 0 saturated carbocycles. The summed E-state index contributed by atoms with van der Waals surface area (Å²) < 4.78 is 10.7. The van der Waals surface area contributed by atoms with E-state index in [9.17, 15) is 14.4 Å². The highest BCUT2D eigenvalue weighted by molar-refractivity contribution is 5.95. The quantitative estimate of drug-likeness (QED) is 0.717. The number of rotatable bonds is 2.